The van der Waals surface area contributed by atoms with E-state index >= 15 is 0 Å². The monoisotopic (exact) mass is 382 g/mol. The first-order chi connectivity index (χ1) is 13.6. The van der Waals surface area contributed by atoms with Gasteiger partial charge in [0.1, 0.15) is 13.2 Å². The molecule has 0 aromatic heterocycles. The van der Waals surface area contributed by atoms with Crippen LogP contribution in [-0.2, 0) is 6.54 Å². The van der Waals surface area contributed by atoms with Gasteiger partial charge in [-0.15, -0.1) is 0 Å². The number of carbonyl (C=O) groups excluding carboxylic acids is 1. The summed E-state index contributed by atoms with van der Waals surface area (Å²) in [4.78, 5) is 15.1. The van der Waals surface area contributed by atoms with E-state index in [-0.39, 0.29) is 11.9 Å². The van der Waals surface area contributed by atoms with Gasteiger partial charge in [0.05, 0.1) is 6.04 Å². The molecule has 0 saturated heterocycles. The van der Waals surface area contributed by atoms with Crippen LogP contribution in [0.1, 0.15) is 54.7 Å². The smallest absolute Gasteiger partial charge is 0.251 e. The minimum atomic E-state index is -0.0707. The van der Waals surface area contributed by atoms with Crippen molar-refractivity contribution in [2.24, 2.45) is 0 Å². The third-order valence-corrected chi connectivity index (χ3v) is 5.20. The van der Waals surface area contributed by atoms with Crippen molar-refractivity contribution in [3.05, 3.63) is 59.2 Å². The summed E-state index contributed by atoms with van der Waals surface area (Å²) in [5.74, 6) is 1.45. The van der Waals surface area contributed by atoms with Crippen LogP contribution in [0.5, 0.6) is 11.5 Å². The molecule has 0 bridgehead atoms. The van der Waals surface area contributed by atoms with E-state index in [4.69, 9.17) is 9.47 Å². The Morgan fingerprint density at radius 3 is 2.32 bits per heavy atom. The lowest BCUT2D eigenvalue weighted by Gasteiger charge is -2.22. The van der Waals surface area contributed by atoms with Gasteiger partial charge in [-0.2, -0.15) is 0 Å². The number of carbonyl (C=O) groups is 1. The van der Waals surface area contributed by atoms with Crippen molar-refractivity contribution < 1.29 is 14.3 Å². The summed E-state index contributed by atoms with van der Waals surface area (Å²) in [5.41, 5.74) is 2.93. The molecule has 0 fully saturated rings. The number of fused-ring (bicyclic) bond motifs is 1. The number of nitrogens with zero attached hydrogens (tertiary/aromatic N) is 1. The van der Waals surface area contributed by atoms with Gasteiger partial charge in [0.2, 0.25) is 0 Å². The van der Waals surface area contributed by atoms with E-state index < -0.39 is 0 Å². The summed E-state index contributed by atoms with van der Waals surface area (Å²) in [5, 5.41) is 3.14. The summed E-state index contributed by atoms with van der Waals surface area (Å²) in [7, 11) is 0. The Kier molecular flexibility index (Phi) is 6.93. The molecule has 1 N–H and O–H groups in total. The molecule has 1 atom stereocenters. The number of nitrogens with one attached hydrogen (secondary N) is 1. The molecule has 5 heteroatoms. The second-order valence-corrected chi connectivity index (χ2v) is 7.00. The lowest BCUT2D eigenvalue weighted by Crippen LogP contribution is -2.28. The largest absolute Gasteiger partial charge is 0.486 e. The fraction of sp³-hybridized carbons (Fsp3) is 0.435. The highest BCUT2D eigenvalue weighted by Gasteiger charge is 2.18. The molecule has 0 aliphatic carbocycles. The Morgan fingerprint density at radius 2 is 1.68 bits per heavy atom. The van der Waals surface area contributed by atoms with Crippen LogP contribution in [0.4, 0.5) is 0 Å². The Balaban J connectivity index is 1.67. The molecule has 2 aromatic carbocycles. The topological polar surface area (TPSA) is 50.8 Å². The fourth-order valence-corrected chi connectivity index (χ4v) is 3.41. The maximum Gasteiger partial charge on any atom is 0.251 e. The van der Waals surface area contributed by atoms with E-state index in [2.05, 4.69) is 31.0 Å². The van der Waals surface area contributed by atoms with Gasteiger partial charge in [0.15, 0.2) is 11.5 Å². The summed E-state index contributed by atoms with van der Waals surface area (Å²) in [6.45, 7) is 10.5. The van der Waals surface area contributed by atoms with Crippen LogP contribution in [-0.4, -0.2) is 37.1 Å². The van der Waals surface area contributed by atoms with Crippen LogP contribution in [0.15, 0.2) is 42.5 Å². The molecule has 3 rings (SSSR count). The van der Waals surface area contributed by atoms with Gasteiger partial charge in [-0.1, -0.05) is 39.0 Å². The fourth-order valence-electron chi connectivity index (χ4n) is 3.41. The number of amides is 1. The van der Waals surface area contributed by atoms with E-state index in [1.807, 2.05) is 42.5 Å². The van der Waals surface area contributed by atoms with E-state index in [0.717, 1.165) is 43.1 Å². The molecule has 28 heavy (non-hydrogen) atoms. The Labute approximate surface area is 167 Å². The number of benzene rings is 2. The molecule has 0 saturated carbocycles. The van der Waals surface area contributed by atoms with Crippen molar-refractivity contribution in [3.63, 3.8) is 0 Å². The summed E-state index contributed by atoms with van der Waals surface area (Å²) < 4.78 is 11.3. The normalized spacial score (nSPS) is 14.0. The highest BCUT2D eigenvalue weighted by Crippen LogP contribution is 2.33. The van der Waals surface area contributed by atoms with Crippen molar-refractivity contribution in [1.29, 1.82) is 0 Å². The van der Waals surface area contributed by atoms with Gasteiger partial charge in [-0.05, 0) is 54.9 Å². The average Bonchev–Trinajstić information content (AvgIpc) is 2.75. The second kappa shape index (κ2) is 9.60. The molecule has 1 amide bonds. The molecule has 150 valence electrons. The summed E-state index contributed by atoms with van der Waals surface area (Å²) in [6, 6.07) is 13.7. The van der Waals surface area contributed by atoms with Crippen LogP contribution >= 0.6 is 0 Å². The number of hydrogen-bond acceptors (Lipinski definition) is 4. The van der Waals surface area contributed by atoms with E-state index in [1.165, 1.54) is 5.56 Å². The Hall–Kier alpha value is -2.53. The zero-order valence-corrected chi connectivity index (χ0v) is 17.0. The maximum atomic E-state index is 12.7. The van der Waals surface area contributed by atoms with Crippen LogP contribution in [0.25, 0.3) is 0 Å². The van der Waals surface area contributed by atoms with Crippen molar-refractivity contribution in [3.8, 4) is 11.5 Å². The molecule has 1 unspecified atom stereocenters. The van der Waals surface area contributed by atoms with Crippen molar-refractivity contribution in [2.75, 3.05) is 26.3 Å². The van der Waals surface area contributed by atoms with E-state index in [9.17, 15) is 4.79 Å². The third kappa shape index (κ3) is 4.84. The summed E-state index contributed by atoms with van der Waals surface area (Å²) in [6.07, 6.45) is 0.797. The van der Waals surface area contributed by atoms with Crippen molar-refractivity contribution >= 4 is 5.91 Å². The lowest BCUT2D eigenvalue weighted by atomic mass is 10.0. The molecular weight excluding hydrogens is 352 g/mol. The summed E-state index contributed by atoms with van der Waals surface area (Å²) >= 11 is 0. The predicted octanol–water partition coefficient (Wildman–Crippen LogP) is 4.18. The van der Waals surface area contributed by atoms with Gasteiger partial charge in [0.25, 0.3) is 5.91 Å². The first-order valence-corrected chi connectivity index (χ1v) is 10.2. The average molecular weight is 383 g/mol. The zero-order chi connectivity index (χ0) is 19.9. The van der Waals surface area contributed by atoms with Crippen LogP contribution in [0.3, 0.4) is 0 Å². The van der Waals surface area contributed by atoms with Gasteiger partial charge in [0, 0.05) is 12.1 Å². The molecule has 2 aromatic rings. The Morgan fingerprint density at radius 1 is 1.00 bits per heavy atom. The van der Waals surface area contributed by atoms with Gasteiger partial charge in [-0.25, -0.2) is 0 Å². The SMILES string of the molecule is CCC(NC(=O)c1ccc(CN(CC)CC)cc1)c1ccc2c(c1)OCCO2. The van der Waals surface area contributed by atoms with Crippen molar-refractivity contribution in [2.45, 2.75) is 39.8 Å². The molecule has 1 aliphatic heterocycles. The third-order valence-electron chi connectivity index (χ3n) is 5.20. The Bertz CT molecular complexity index is 785. The predicted molar refractivity (Wildman–Crippen MR) is 111 cm³/mol. The van der Waals surface area contributed by atoms with Crippen LogP contribution in [0, 0.1) is 0 Å². The van der Waals surface area contributed by atoms with Crippen LogP contribution < -0.4 is 14.8 Å². The first-order valence-electron chi connectivity index (χ1n) is 10.2. The number of ether oxygens (including phenoxy) is 2. The van der Waals surface area contributed by atoms with Crippen molar-refractivity contribution in [1.82, 2.24) is 10.2 Å². The van der Waals surface area contributed by atoms with Gasteiger partial charge < -0.3 is 14.8 Å². The van der Waals surface area contributed by atoms with Crippen LogP contribution in [0.2, 0.25) is 0 Å². The molecule has 0 spiro atoms. The number of rotatable bonds is 8. The molecule has 5 nitrogen and oxygen atoms in total. The zero-order valence-electron chi connectivity index (χ0n) is 17.0. The molecule has 1 aliphatic rings. The van der Waals surface area contributed by atoms with Gasteiger partial charge in [-0.3, -0.25) is 9.69 Å². The lowest BCUT2D eigenvalue weighted by molar-refractivity contribution is 0.0935. The molecule has 0 radical (unpaired) electrons. The minimum absolute atomic E-state index is 0.0591. The minimum Gasteiger partial charge on any atom is -0.486 e. The highest BCUT2D eigenvalue weighted by atomic mass is 16.6. The molecular formula is C23H30N2O3. The quantitative estimate of drug-likeness (QED) is 0.744. The maximum absolute atomic E-state index is 12.7. The first kappa shape index (κ1) is 20.2. The second-order valence-electron chi connectivity index (χ2n) is 7.00. The highest BCUT2D eigenvalue weighted by molar-refractivity contribution is 5.94. The van der Waals surface area contributed by atoms with E-state index in [1.54, 1.807) is 0 Å². The van der Waals surface area contributed by atoms with E-state index in [0.29, 0.717) is 18.8 Å². The standard InChI is InChI=1S/C23H30N2O3/c1-4-20(19-11-12-21-22(15-19)28-14-13-27-21)24-23(26)18-9-7-17(8-10-18)16-25(5-2)6-3/h7-12,15,20H,4-6,13-14,16H2,1-3H3,(H,24,26). The number of hydrogen-bond donors (Lipinski definition) is 1. The van der Waals surface area contributed by atoms with Gasteiger partial charge >= 0.3 is 0 Å². The molecule has 1 heterocycles.